The van der Waals surface area contributed by atoms with Crippen molar-refractivity contribution < 1.29 is 4.79 Å². The van der Waals surface area contributed by atoms with E-state index >= 15 is 0 Å². The molecule has 0 saturated heterocycles. The number of anilines is 1. The third kappa shape index (κ3) is 3.28. The van der Waals surface area contributed by atoms with Gasteiger partial charge in [0.2, 0.25) is 0 Å². The number of hydrogen-bond donors (Lipinski definition) is 1. The number of hydrogen-bond acceptors (Lipinski definition) is 1. The van der Waals surface area contributed by atoms with E-state index in [4.69, 9.17) is 0 Å². The summed E-state index contributed by atoms with van der Waals surface area (Å²) in [5, 5.41) is 3.02. The van der Waals surface area contributed by atoms with Crippen LogP contribution in [0.25, 0.3) is 0 Å². The standard InChI is InChI=1S/C17H18BrNO/c1-3-7-13-8-4-5-11-16(13)19-17(20)14-9-6-10-15(18)12(14)2/h4-6,8-11H,3,7H2,1-2H3,(H,19,20). The molecule has 0 aliphatic rings. The number of nitrogens with one attached hydrogen (secondary N) is 1. The average molecular weight is 332 g/mol. The zero-order chi connectivity index (χ0) is 14.5. The van der Waals surface area contributed by atoms with Crippen LogP contribution in [0.1, 0.15) is 34.8 Å². The van der Waals surface area contributed by atoms with Crippen LogP contribution in [0.4, 0.5) is 5.69 Å². The Kier molecular flexibility index (Phi) is 4.96. The molecule has 2 aromatic rings. The van der Waals surface area contributed by atoms with Gasteiger partial charge in [0, 0.05) is 15.7 Å². The molecule has 0 aromatic heterocycles. The molecule has 3 heteroatoms. The Bertz CT molecular complexity index is 622. The zero-order valence-corrected chi connectivity index (χ0v) is 13.3. The lowest BCUT2D eigenvalue weighted by Gasteiger charge is -2.12. The number of carbonyl (C=O) groups is 1. The lowest BCUT2D eigenvalue weighted by molar-refractivity contribution is 0.102. The summed E-state index contributed by atoms with van der Waals surface area (Å²) in [5.41, 5.74) is 3.73. The molecule has 0 aliphatic carbocycles. The summed E-state index contributed by atoms with van der Waals surface area (Å²) < 4.78 is 0.951. The highest BCUT2D eigenvalue weighted by atomic mass is 79.9. The van der Waals surface area contributed by atoms with E-state index in [1.807, 2.05) is 43.3 Å². The smallest absolute Gasteiger partial charge is 0.255 e. The van der Waals surface area contributed by atoms with E-state index in [2.05, 4.69) is 34.2 Å². The van der Waals surface area contributed by atoms with E-state index in [0.29, 0.717) is 5.56 Å². The fourth-order valence-corrected chi connectivity index (χ4v) is 2.54. The van der Waals surface area contributed by atoms with Crippen molar-refractivity contribution in [3.8, 4) is 0 Å². The third-order valence-electron chi connectivity index (χ3n) is 3.30. The van der Waals surface area contributed by atoms with Crippen molar-refractivity contribution in [2.45, 2.75) is 26.7 Å². The molecule has 0 atom stereocenters. The maximum absolute atomic E-state index is 12.4. The van der Waals surface area contributed by atoms with Crippen LogP contribution in [0.3, 0.4) is 0 Å². The van der Waals surface area contributed by atoms with Crippen molar-refractivity contribution in [1.29, 1.82) is 0 Å². The van der Waals surface area contributed by atoms with Crippen molar-refractivity contribution in [2.75, 3.05) is 5.32 Å². The molecule has 0 saturated carbocycles. The largest absolute Gasteiger partial charge is 0.322 e. The van der Waals surface area contributed by atoms with Crippen molar-refractivity contribution in [1.82, 2.24) is 0 Å². The van der Waals surface area contributed by atoms with Crippen LogP contribution < -0.4 is 5.32 Å². The van der Waals surface area contributed by atoms with Gasteiger partial charge in [-0.25, -0.2) is 0 Å². The average Bonchev–Trinajstić information content (AvgIpc) is 2.44. The predicted octanol–water partition coefficient (Wildman–Crippen LogP) is 4.96. The molecule has 0 unspecified atom stereocenters. The molecular weight excluding hydrogens is 314 g/mol. The molecule has 0 aliphatic heterocycles. The van der Waals surface area contributed by atoms with E-state index in [0.717, 1.165) is 28.6 Å². The summed E-state index contributed by atoms with van der Waals surface area (Å²) in [4.78, 5) is 12.4. The number of aryl methyl sites for hydroxylation is 1. The van der Waals surface area contributed by atoms with Crippen LogP contribution >= 0.6 is 15.9 Å². The number of carbonyl (C=O) groups excluding carboxylic acids is 1. The van der Waals surface area contributed by atoms with Gasteiger partial charge in [0.05, 0.1) is 0 Å². The molecule has 2 nitrogen and oxygen atoms in total. The highest BCUT2D eigenvalue weighted by Gasteiger charge is 2.12. The Labute approximate surface area is 128 Å². The summed E-state index contributed by atoms with van der Waals surface area (Å²) >= 11 is 3.46. The van der Waals surface area contributed by atoms with Crippen LogP contribution in [0, 0.1) is 6.92 Å². The molecule has 2 rings (SSSR count). The van der Waals surface area contributed by atoms with Gasteiger partial charge < -0.3 is 5.32 Å². The first-order valence-corrected chi connectivity index (χ1v) is 7.57. The molecule has 0 heterocycles. The molecule has 0 radical (unpaired) electrons. The highest BCUT2D eigenvalue weighted by Crippen LogP contribution is 2.22. The third-order valence-corrected chi connectivity index (χ3v) is 4.16. The van der Waals surface area contributed by atoms with Crippen LogP contribution in [-0.4, -0.2) is 5.91 Å². The van der Waals surface area contributed by atoms with Gasteiger partial charge in [-0.1, -0.05) is 53.5 Å². The molecule has 20 heavy (non-hydrogen) atoms. The Balaban J connectivity index is 2.26. The van der Waals surface area contributed by atoms with Crippen molar-refractivity contribution in [3.05, 3.63) is 63.6 Å². The molecule has 1 amide bonds. The van der Waals surface area contributed by atoms with Crippen LogP contribution in [-0.2, 0) is 6.42 Å². The lowest BCUT2D eigenvalue weighted by Crippen LogP contribution is -2.14. The fraction of sp³-hybridized carbons (Fsp3) is 0.235. The lowest BCUT2D eigenvalue weighted by atomic mass is 10.1. The second kappa shape index (κ2) is 6.71. The Morgan fingerprint density at radius 1 is 1.15 bits per heavy atom. The Morgan fingerprint density at radius 2 is 1.90 bits per heavy atom. The fourth-order valence-electron chi connectivity index (χ4n) is 2.17. The molecule has 1 N–H and O–H groups in total. The summed E-state index contributed by atoms with van der Waals surface area (Å²) in [7, 11) is 0. The number of amides is 1. The summed E-state index contributed by atoms with van der Waals surface area (Å²) in [6.45, 7) is 4.08. The van der Waals surface area contributed by atoms with Crippen molar-refractivity contribution in [3.63, 3.8) is 0 Å². The molecule has 2 aromatic carbocycles. The van der Waals surface area contributed by atoms with E-state index in [9.17, 15) is 4.79 Å². The second-order valence-corrected chi connectivity index (χ2v) is 5.63. The van der Waals surface area contributed by atoms with Gasteiger partial charge >= 0.3 is 0 Å². The summed E-state index contributed by atoms with van der Waals surface area (Å²) in [5.74, 6) is -0.0626. The van der Waals surface area contributed by atoms with Gasteiger partial charge in [-0.05, 0) is 42.7 Å². The maximum Gasteiger partial charge on any atom is 0.255 e. The minimum atomic E-state index is -0.0626. The monoisotopic (exact) mass is 331 g/mol. The normalized spacial score (nSPS) is 10.3. The van der Waals surface area contributed by atoms with Gasteiger partial charge in [0.1, 0.15) is 0 Å². The molecule has 0 bridgehead atoms. The molecule has 104 valence electrons. The van der Waals surface area contributed by atoms with Gasteiger partial charge in [0.15, 0.2) is 0 Å². The van der Waals surface area contributed by atoms with Crippen LogP contribution in [0.15, 0.2) is 46.9 Å². The van der Waals surface area contributed by atoms with Crippen molar-refractivity contribution in [2.24, 2.45) is 0 Å². The summed E-state index contributed by atoms with van der Waals surface area (Å²) in [6, 6.07) is 13.6. The summed E-state index contributed by atoms with van der Waals surface area (Å²) in [6.07, 6.45) is 2.02. The Hall–Kier alpha value is -1.61. The number of rotatable bonds is 4. The first-order chi connectivity index (χ1) is 9.63. The first-order valence-electron chi connectivity index (χ1n) is 6.78. The van der Waals surface area contributed by atoms with E-state index in [-0.39, 0.29) is 5.91 Å². The minimum Gasteiger partial charge on any atom is -0.322 e. The predicted molar refractivity (Wildman–Crippen MR) is 87.3 cm³/mol. The second-order valence-electron chi connectivity index (χ2n) is 4.77. The molecule has 0 fully saturated rings. The highest BCUT2D eigenvalue weighted by molar-refractivity contribution is 9.10. The number of halogens is 1. The van der Waals surface area contributed by atoms with Crippen LogP contribution in [0.2, 0.25) is 0 Å². The topological polar surface area (TPSA) is 29.1 Å². The molecular formula is C17H18BrNO. The maximum atomic E-state index is 12.4. The number of para-hydroxylation sites is 1. The van der Waals surface area contributed by atoms with Gasteiger partial charge in [0.25, 0.3) is 5.91 Å². The van der Waals surface area contributed by atoms with E-state index in [1.54, 1.807) is 0 Å². The SMILES string of the molecule is CCCc1ccccc1NC(=O)c1cccc(Br)c1C. The van der Waals surface area contributed by atoms with Gasteiger partial charge in [-0.3, -0.25) is 4.79 Å². The van der Waals surface area contributed by atoms with E-state index in [1.165, 1.54) is 5.56 Å². The molecule has 0 spiro atoms. The quantitative estimate of drug-likeness (QED) is 0.842. The van der Waals surface area contributed by atoms with Crippen LogP contribution in [0.5, 0.6) is 0 Å². The number of benzene rings is 2. The van der Waals surface area contributed by atoms with Crippen molar-refractivity contribution >= 4 is 27.5 Å². The van der Waals surface area contributed by atoms with Gasteiger partial charge in [-0.15, -0.1) is 0 Å². The zero-order valence-electron chi connectivity index (χ0n) is 11.7. The Morgan fingerprint density at radius 3 is 2.65 bits per heavy atom. The van der Waals surface area contributed by atoms with Gasteiger partial charge in [-0.2, -0.15) is 0 Å². The van der Waals surface area contributed by atoms with E-state index < -0.39 is 0 Å². The minimum absolute atomic E-state index is 0.0626. The first kappa shape index (κ1) is 14.8.